The Hall–Kier alpha value is -4.46. The molecule has 1 aromatic heterocycles. The van der Waals surface area contributed by atoms with Gasteiger partial charge in [-0.15, -0.1) is 0 Å². The number of carbonyl (C=O) groups is 2. The standard InChI is InChI=1S/C33H36N4O4/c1-2-40-29(38)21-22-34-32(39)26-17-19-28(20-18-26)35-30(23-9-5-3-6-10-23)24-13-15-25(16-14-24)31-36-33(41-37-31)27-11-7-4-8-12-27/h4,7-8,11-20,23,30,35H,2-3,5-6,9-10,21-22H2,1H3,(H,34,39). The van der Waals surface area contributed by atoms with E-state index >= 15 is 0 Å². The number of amides is 1. The molecule has 1 atom stereocenters. The number of nitrogens with zero attached hydrogens (tertiary/aromatic N) is 2. The van der Waals surface area contributed by atoms with E-state index in [2.05, 4.69) is 45.0 Å². The minimum Gasteiger partial charge on any atom is -0.466 e. The monoisotopic (exact) mass is 552 g/mol. The van der Waals surface area contributed by atoms with Crippen molar-refractivity contribution < 1.29 is 18.8 Å². The van der Waals surface area contributed by atoms with Gasteiger partial charge in [0, 0.05) is 28.9 Å². The maximum atomic E-state index is 12.5. The highest BCUT2D eigenvalue weighted by Crippen LogP contribution is 2.37. The first-order valence-electron chi connectivity index (χ1n) is 14.4. The first kappa shape index (κ1) is 28.1. The number of nitrogens with one attached hydrogen (secondary N) is 2. The number of benzene rings is 3. The number of hydrogen-bond acceptors (Lipinski definition) is 7. The molecule has 41 heavy (non-hydrogen) atoms. The summed E-state index contributed by atoms with van der Waals surface area (Å²) in [5.74, 6) is 1.05. The van der Waals surface area contributed by atoms with Crippen molar-refractivity contribution in [2.45, 2.75) is 51.5 Å². The van der Waals surface area contributed by atoms with Crippen LogP contribution in [-0.4, -0.2) is 35.2 Å². The summed E-state index contributed by atoms with van der Waals surface area (Å²) in [6, 6.07) is 25.8. The smallest absolute Gasteiger partial charge is 0.307 e. The van der Waals surface area contributed by atoms with Crippen LogP contribution in [0, 0.1) is 5.92 Å². The third kappa shape index (κ3) is 7.39. The van der Waals surface area contributed by atoms with Crippen molar-refractivity contribution in [3.8, 4) is 22.8 Å². The second-order valence-corrected chi connectivity index (χ2v) is 10.3. The average molecular weight is 553 g/mol. The van der Waals surface area contributed by atoms with Gasteiger partial charge in [0.1, 0.15) is 0 Å². The van der Waals surface area contributed by atoms with Crippen molar-refractivity contribution in [2.24, 2.45) is 5.92 Å². The molecule has 1 aliphatic carbocycles. The molecule has 1 saturated carbocycles. The van der Waals surface area contributed by atoms with E-state index in [4.69, 9.17) is 9.26 Å². The minimum absolute atomic E-state index is 0.138. The Kier molecular flexibility index (Phi) is 9.41. The summed E-state index contributed by atoms with van der Waals surface area (Å²) in [4.78, 5) is 28.6. The first-order valence-corrected chi connectivity index (χ1v) is 14.4. The normalized spacial score (nSPS) is 14.3. The van der Waals surface area contributed by atoms with Crippen LogP contribution in [0.3, 0.4) is 0 Å². The molecule has 3 aromatic carbocycles. The molecule has 1 amide bonds. The largest absolute Gasteiger partial charge is 0.466 e. The van der Waals surface area contributed by atoms with Gasteiger partial charge in [0.25, 0.3) is 11.8 Å². The van der Waals surface area contributed by atoms with E-state index in [0.29, 0.717) is 29.8 Å². The van der Waals surface area contributed by atoms with Crippen molar-refractivity contribution in [1.82, 2.24) is 15.5 Å². The van der Waals surface area contributed by atoms with Gasteiger partial charge in [-0.3, -0.25) is 9.59 Å². The predicted molar refractivity (Wildman–Crippen MR) is 158 cm³/mol. The molecule has 0 radical (unpaired) electrons. The lowest BCUT2D eigenvalue weighted by Gasteiger charge is -2.32. The molecule has 1 aliphatic rings. The number of esters is 1. The summed E-state index contributed by atoms with van der Waals surface area (Å²) < 4.78 is 10.4. The number of hydrogen-bond donors (Lipinski definition) is 2. The Morgan fingerprint density at radius 3 is 2.37 bits per heavy atom. The number of rotatable bonds is 11. The molecule has 212 valence electrons. The van der Waals surface area contributed by atoms with Gasteiger partial charge in [-0.05, 0) is 67.6 Å². The molecule has 0 saturated heterocycles. The highest BCUT2D eigenvalue weighted by atomic mass is 16.5. The van der Waals surface area contributed by atoms with Crippen molar-refractivity contribution in [1.29, 1.82) is 0 Å². The molecule has 1 unspecified atom stereocenters. The molecule has 2 N–H and O–H groups in total. The fraction of sp³-hybridized carbons (Fsp3) is 0.333. The van der Waals surface area contributed by atoms with Crippen LogP contribution in [-0.2, 0) is 9.53 Å². The number of ether oxygens (including phenoxy) is 1. The topological polar surface area (TPSA) is 106 Å². The van der Waals surface area contributed by atoms with Crippen LogP contribution >= 0.6 is 0 Å². The quantitative estimate of drug-likeness (QED) is 0.197. The van der Waals surface area contributed by atoms with Crippen LogP contribution < -0.4 is 10.6 Å². The van der Waals surface area contributed by atoms with Crippen molar-refractivity contribution in [2.75, 3.05) is 18.5 Å². The van der Waals surface area contributed by atoms with E-state index in [1.54, 1.807) is 6.92 Å². The second-order valence-electron chi connectivity index (χ2n) is 10.3. The SMILES string of the molecule is CCOC(=O)CCNC(=O)c1ccc(NC(c2ccc(-c3noc(-c4ccccc4)n3)cc2)C2CCCCC2)cc1. The molecule has 8 nitrogen and oxygen atoms in total. The average Bonchev–Trinajstić information content (AvgIpc) is 3.52. The molecule has 5 rings (SSSR count). The summed E-state index contributed by atoms with van der Waals surface area (Å²) in [6.45, 7) is 2.34. The summed E-state index contributed by atoms with van der Waals surface area (Å²) >= 11 is 0. The van der Waals surface area contributed by atoms with Gasteiger partial charge < -0.3 is 19.9 Å². The molecule has 4 aromatic rings. The lowest BCUT2D eigenvalue weighted by molar-refractivity contribution is -0.142. The molecule has 1 heterocycles. The van der Waals surface area contributed by atoms with Crippen LogP contribution in [0.15, 0.2) is 83.4 Å². The fourth-order valence-electron chi connectivity index (χ4n) is 5.33. The lowest BCUT2D eigenvalue weighted by Crippen LogP contribution is -2.26. The van der Waals surface area contributed by atoms with Crippen molar-refractivity contribution in [3.05, 3.63) is 90.0 Å². The maximum Gasteiger partial charge on any atom is 0.307 e. The number of anilines is 1. The number of aromatic nitrogens is 2. The van der Waals surface area contributed by atoms with Gasteiger partial charge >= 0.3 is 5.97 Å². The Labute approximate surface area is 240 Å². The molecule has 0 aliphatic heterocycles. The van der Waals surface area contributed by atoms with Gasteiger partial charge in [-0.25, -0.2) is 0 Å². The Morgan fingerprint density at radius 1 is 0.927 bits per heavy atom. The van der Waals surface area contributed by atoms with Gasteiger partial charge in [-0.2, -0.15) is 4.98 Å². The van der Waals surface area contributed by atoms with Crippen molar-refractivity contribution >= 4 is 17.6 Å². The summed E-state index contributed by atoms with van der Waals surface area (Å²) in [7, 11) is 0. The third-order valence-corrected chi connectivity index (χ3v) is 7.49. The van der Waals surface area contributed by atoms with E-state index in [1.807, 2.05) is 54.6 Å². The van der Waals surface area contributed by atoms with Crippen LogP contribution in [0.5, 0.6) is 0 Å². The van der Waals surface area contributed by atoms with Gasteiger partial charge in [0.2, 0.25) is 5.82 Å². The maximum absolute atomic E-state index is 12.5. The summed E-state index contributed by atoms with van der Waals surface area (Å²) in [5, 5.41) is 10.7. The summed E-state index contributed by atoms with van der Waals surface area (Å²) in [5.41, 5.74) is 4.50. The zero-order valence-electron chi connectivity index (χ0n) is 23.3. The van der Waals surface area contributed by atoms with Gasteiger partial charge in [-0.1, -0.05) is 66.9 Å². The highest BCUT2D eigenvalue weighted by Gasteiger charge is 2.25. The predicted octanol–water partition coefficient (Wildman–Crippen LogP) is 6.82. The van der Waals surface area contributed by atoms with E-state index in [1.165, 1.54) is 37.7 Å². The Bertz CT molecular complexity index is 1410. The Balaban J connectivity index is 1.27. The molecule has 1 fully saturated rings. The van der Waals surface area contributed by atoms with E-state index in [-0.39, 0.29) is 30.9 Å². The Morgan fingerprint density at radius 2 is 1.66 bits per heavy atom. The van der Waals surface area contributed by atoms with Crippen molar-refractivity contribution in [3.63, 3.8) is 0 Å². The molecule has 0 spiro atoms. The zero-order chi connectivity index (χ0) is 28.4. The first-order chi connectivity index (χ1) is 20.1. The summed E-state index contributed by atoms with van der Waals surface area (Å²) in [6.07, 6.45) is 6.25. The molecular formula is C33H36N4O4. The fourth-order valence-corrected chi connectivity index (χ4v) is 5.33. The molecule has 8 heteroatoms. The molecule has 0 bridgehead atoms. The van der Waals surface area contributed by atoms with E-state index in [9.17, 15) is 9.59 Å². The molecular weight excluding hydrogens is 516 g/mol. The van der Waals surface area contributed by atoms with Gasteiger partial charge in [0.05, 0.1) is 19.1 Å². The van der Waals surface area contributed by atoms with Crippen LogP contribution in [0.4, 0.5) is 5.69 Å². The van der Waals surface area contributed by atoms with E-state index in [0.717, 1.165) is 16.8 Å². The zero-order valence-corrected chi connectivity index (χ0v) is 23.3. The number of carbonyl (C=O) groups excluding carboxylic acids is 2. The van der Waals surface area contributed by atoms with E-state index < -0.39 is 0 Å². The lowest BCUT2D eigenvalue weighted by atomic mass is 9.81. The highest BCUT2D eigenvalue weighted by molar-refractivity contribution is 5.94. The third-order valence-electron chi connectivity index (χ3n) is 7.49. The van der Waals surface area contributed by atoms with Crippen LogP contribution in [0.25, 0.3) is 22.8 Å². The second kappa shape index (κ2) is 13.7. The van der Waals surface area contributed by atoms with Gasteiger partial charge in [0.15, 0.2) is 0 Å². The minimum atomic E-state index is -0.316. The van der Waals surface area contributed by atoms with Crippen LogP contribution in [0.1, 0.15) is 67.4 Å². The van der Waals surface area contributed by atoms with Crippen LogP contribution in [0.2, 0.25) is 0 Å².